The van der Waals surface area contributed by atoms with Crippen molar-refractivity contribution in [1.82, 2.24) is 4.90 Å². The van der Waals surface area contributed by atoms with Crippen molar-refractivity contribution in [2.45, 2.75) is 12.5 Å². The van der Waals surface area contributed by atoms with E-state index in [1.807, 2.05) is 24.3 Å². The second kappa shape index (κ2) is 7.62. The summed E-state index contributed by atoms with van der Waals surface area (Å²) in [6.45, 7) is 0.574. The maximum Gasteiger partial charge on any atom is 0.337 e. The summed E-state index contributed by atoms with van der Waals surface area (Å²) in [6.07, 6.45) is 3.56. The summed E-state index contributed by atoms with van der Waals surface area (Å²) in [7, 11) is 1.34. The Morgan fingerprint density at radius 2 is 2.00 bits per heavy atom. The smallest absolute Gasteiger partial charge is 0.337 e. The van der Waals surface area contributed by atoms with Crippen LogP contribution in [0.4, 0.5) is 5.69 Å². The van der Waals surface area contributed by atoms with E-state index in [2.05, 4.69) is 0 Å². The van der Waals surface area contributed by atoms with Crippen LogP contribution in [-0.2, 0) is 9.53 Å². The van der Waals surface area contributed by atoms with Gasteiger partial charge in [0.15, 0.2) is 0 Å². The molecule has 3 rings (SSSR count). The Bertz CT molecular complexity index is 862. The lowest BCUT2D eigenvalue weighted by atomic mass is 9.91. The Kier molecular flexibility index (Phi) is 5.28. The summed E-state index contributed by atoms with van der Waals surface area (Å²) in [5.74, 6) is -0.393. The molecule has 0 bridgehead atoms. The Labute approximate surface area is 157 Å². The molecule has 1 aliphatic rings. The highest BCUT2D eigenvalue weighted by Crippen LogP contribution is 2.35. The van der Waals surface area contributed by atoms with E-state index in [0.29, 0.717) is 29.2 Å². The number of anilines is 1. The number of carbonyl (C=O) groups excluding carboxylic acids is 2. The zero-order valence-electron chi connectivity index (χ0n) is 14.3. The van der Waals surface area contributed by atoms with Crippen LogP contribution in [0, 0.1) is 0 Å². The Hall–Kier alpha value is -2.79. The van der Waals surface area contributed by atoms with Gasteiger partial charge in [-0.05, 0) is 47.9 Å². The highest BCUT2D eigenvalue weighted by molar-refractivity contribution is 6.30. The van der Waals surface area contributed by atoms with Crippen molar-refractivity contribution in [2.24, 2.45) is 0 Å². The van der Waals surface area contributed by atoms with Gasteiger partial charge in [0.2, 0.25) is 6.41 Å². The number of hydrogen-bond acceptors (Lipinski definition) is 4. The van der Waals surface area contributed by atoms with Gasteiger partial charge in [0.05, 0.1) is 18.7 Å². The molecule has 1 heterocycles. The minimum Gasteiger partial charge on any atom is -0.465 e. The van der Waals surface area contributed by atoms with Crippen molar-refractivity contribution in [2.75, 3.05) is 19.4 Å². The molecule has 6 heteroatoms. The summed E-state index contributed by atoms with van der Waals surface area (Å²) >= 11 is 6.11. The summed E-state index contributed by atoms with van der Waals surface area (Å²) in [6, 6.07) is 12.2. The monoisotopic (exact) mass is 370 g/mol. The molecule has 5 nitrogen and oxygen atoms in total. The minimum absolute atomic E-state index is 0.235. The largest absolute Gasteiger partial charge is 0.465 e. The van der Waals surface area contributed by atoms with Crippen molar-refractivity contribution in [3.8, 4) is 0 Å². The van der Waals surface area contributed by atoms with Gasteiger partial charge in [0.25, 0.3) is 0 Å². The SMILES string of the molecule is COC(=O)c1ccc(C2C=C(c3cc(Cl)ccc3N)CCN2C=O)cc1. The standard InChI is InChI=1S/C20H19ClN2O3/c1-26-20(25)14-4-2-13(3-5-14)19-10-15(8-9-23(19)12-24)17-11-16(21)6-7-18(17)22/h2-7,10-12,19H,8-9,22H2,1H3. The second-order valence-electron chi connectivity index (χ2n) is 6.08. The molecule has 2 aromatic carbocycles. The minimum atomic E-state index is -0.393. The summed E-state index contributed by atoms with van der Waals surface area (Å²) in [5, 5.41) is 0.617. The number of esters is 1. The lowest BCUT2D eigenvalue weighted by molar-refractivity contribution is -0.119. The van der Waals surface area contributed by atoms with Crippen molar-refractivity contribution in [3.63, 3.8) is 0 Å². The molecule has 0 spiro atoms. The van der Waals surface area contributed by atoms with Crippen LogP contribution >= 0.6 is 11.6 Å². The van der Waals surface area contributed by atoms with E-state index in [4.69, 9.17) is 22.1 Å². The van der Waals surface area contributed by atoms with Crippen LogP contribution in [0.3, 0.4) is 0 Å². The van der Waals surface area contributed by atoms with Gasteiger partial charge in [-0.3, -0.25) is 4.79 Å². The zero-order chi connectivity index (χ0) is 18.7. The van der Waals surface area contributed by atoms with Gasteiger partial charge in [-0.2, -0.15) is 0 Å². The van der Waals surface area contributed by atoms with Gasteiger partial charge in [0, 0.05) is 22.8 Å². The van der Waals surface area contributed by atoms with Gasteiger partial charge < -0.3 is 15.4 Å². The third-order valence-corrected chi connectivity index (χ3v) is 4.76. The van der Waals surface area contributed by atoms with E-state index in [9.17, 15) is 9.59 Å². The number of amides is 1. The molecular weight excluding hydrogens is 352 g/mol. The van der Waals surface area contributed by atoms with Crippen LogP contribution in [0.2, 0.25) is 5.02 Å². The Morgan fingerprint density at radius 1 is 1.27 bits per heavy atom. The molecule has 1 unspecified atom stereocenters. The molecule has 1 amide bonds. The van der Waals surface area contributed by atoms with E-state index in [0.717, 1.165) is 23.1 Å². The molecule has 0 fully saturated rings. The number of carbonyl (C=O) groups is 2. The van der Waals surface area contributed by atoms with Gasteiger partial charge in [-0.1, -0.05) is 29.8 Å². The number of nitrogens with zero attached hydrogens (tertiary/aromatic N) is 1. The van der Waals surface area contributed by atoms with Crippen LogP contribution in [-0.4, -0.2) is 30.9 Å². The molecule has 0 aliphatic carbocycles. The number of benzene rings is 2. The van der Waals surface area contributed by atoms with E-state index < -0.39 is 5.97 Å². The predicted octanol–water partition coefficient (Wildman–Crippen LogP) is 3.70. The molecule has 1 aliphatic heterocycles. The van der Waals surface area contributed by atoms with Crippen LogP contribution in [0.15, 0.2) is 48.5 Å². The molecule has 0 radical (unpaired) electrons. The molecule has 26 heavy (non-hydrogen) atoms. The molecule has 0 saturated heterocycles. The first-order chi connectivity index (χ1) is 12.5. The van der Waals surface area contributed by atoms with Crippen molar-refractivity contribution in [1.29, 1.82) is 0 Å². The van der Waals surface area contributed by atoms with E-state index in [1.54, 1.807) is 29.2 Å². The lowest BCUT2D eigenvalue weighted by Gasteiger charge is -2.32. The van der Waals surface area contributed by atoms with Crippen molar-refractivity contribution >= 4 is 35.2 Å². The Morgan fingerprint density at radius 3 is 2.65 bits per heavy atom. The highest BCUT2D eigenvalue weighted by Gasteiger charge is 2.24. The van der Waals surface area contributed by atoms with E-state index >= 15 is 0 Å². The fraction of sp³-hybridized carbons (Fsp3) is 0.200. The third-order valence-electron chi connectivity index (χ3n) is 4.53. The van der Waals surface area contributed by atoms with Crippen LogP contribution in [0.5, 0.6) is 0 Å². The van der Waals surface area contributed by atoms with Crippen molar-refractivity contribution < 1.29 is 14.3 Å². The van der Waals surface area contributed by atoms with Gasteiger partial charge in [-0.15, -0.1) is 0 Å². The predicted molar refractivity (Wildman–Crippen MR) is 102 cm³/mol. The topological polar surface area (TPSA) is 72.6 Å². The number of methoxy groups -OCH3 is 1. The fourth-order valence-corrected chi connectivity index (χ4v) is 3.30. The molecule has 2 N–H and O–H groups in total. The fourth-order valence-electron chi connectivity index (χ4n) is 3.13. The average Bonchev–Trinajstić information content (AvgIpc) is 2.69. The van der Waals surface area contributed by atoms with Crippen LogP contribution in [0.25, 0.3) is 5.57 Å². The highest BCUT2D eigenvalue weighted by atomic mass is 35.5. The maximum atomic E-state index is 11.6. The summed E-state index contributed by atoms with van der Waals surface area (Å²) in [4.78, 5) is 24.8. The third kappa shape index (κ3) is 3.58. The Balaban J connectivity index is 1.98. The number of hydrogen-bond donors (Lipinski definition) is 1. The first-order valence-electron chi connectivity index (χ1n) is 8.19. The first kappa shape index (κ1) is 18.0. The van der Waals surface area contributed by atoms with Gasteiger partial charge >= 0.3 is 5.97 Å². The molecular formula is C20H19ClN2O3. The molecule has 2 aromatic rings. The number of nitrogen functional groups attached to an aromatic ring is 1. The summed E-state index contributed by atoms with van der Waals surface area (Å²) in [5.41, 5.74) is 10.1. The van der Waals surface area contributed by atoms with E-state index in [1.165, 1.54) is 7.11 Å². The van der Waals surface area contributed by atoms with Crippen molar-refractivity contribution in [3.05, 3.63) is 70.3 Å². The molecule has 0 aromatic heterocycles. The molecule has 1 atom stereocenters. The summed E-state index contributed by atoms with van der Waals surface area (Å²) < 4.78 is 4.72. The van der Waals surface area contributed by atoms with Gasteiger partial charge in [-0.25, -0.2) is 4.79 Å². The zero-order valence-corrected chi connectivity index (χ0v) is 15.1. The quantitative estimate of drug-likeness (QED) is 0.506. The molecule has 134 valence electrons. The number of nitrogens with two attached hydrogens (primary N) is 1. The average molecular weight is 371 g/mol. The van der Waals surface area contributed by atoms with Gasteiger partial charge in [0.1, 0.15) is 0 Å². The second-order valence-corrected chi connectivity index (χ2v) is 6.51. The lowest BCUT2D eigenvalue weighted by Crippen LogP contribution is -2.30. The van der Waals surface area contributed by atoms with E-state index in [-0.39, 0.29) is 6.04 Å². The van der Waals surface area contributed by atoms with Crippen LogP contribution in [0.1, 0.15) is 33.9 Å². The molecule has 0 saturated carbocycles. The number of halogens is 1. The first-order valence-corrected chi connectivity index (χ1v) is 8.56. The number of ether oxygens (including phenoxy) is 1. The normalized spacial score (nSPS) is 16.8. The maximum absolute atomic E-state index is 11.6. The number of rotatable bonds is 4. The van der Waals surface area contributed by atoms with Crippen LogP contribution < -0.4 is 5.73 Å².